The highest BCUT2D eigenvalue weighted by Gasteiger charge is 2.27. The molecule has 0 radical (unpaired) electrons. The molecule has 0 fully saturated rings. The molecule has 0 atom stereocenters. The van der Waals surface area contributed by atoms with Gasteiger partial charge in [-0.2, -0.15) is 4.68 Å². The van der Waals surface area contributed by atoms with Crippen LogP contribution in [-0.2, 0) is 22.1 Å². The zero-order valence-corrected chi connectivity index (χ0v) is 7.90. The average molecular weight is 217 g/mol. The molecule has 0 N–H and O–H groups in total. The van der Waals surface area contributed by atoms with Gasteiger partial charge in [0.25, 0.3) is 0 Å². The summed E-state index contributed by atoms with van der Waals surface area (Å²) in [6, 6.07) is 1.21. The predicted molar refractivity (Wildman–Crippen MR) is 46.4 cm³/mol. The number of fused-ring (bicyclic) bond motifs is 1. The van der Waals surface area contributed by atoms with Crippen molar-refractivity contribution in [3.8, 4) is 0 Å². The maximum Gasteiger partial charge on any atom is 0.390 e. The predicted octanol–water partition coefficient (Wildman–Crippen LogP) is -0.280. The van der Waals surface area contributed by atoms with E-state index in [-0.39, 0.29) is 23.9 Å². The maximum absolute atomic E-state index is 11.2. The molecule has 1 aliphatic heterocycles. The van der Waals surface area contributed by atoms with Gasteiger partial charge in [-0.3, -0.25) is 0 Å². The van der Waals surface area contributed by atoms with E-state index in [4.69, 9.17) is 0 Å². The van der Waals surface area contributed by atoms with Crippen molar-refractivity contribution in [2.75, 3.05) is 5.75 Å². The van der Waals surface area contributed by atoms with E-state index >= 15 is 0 Å². The third-order valence-electron chi connectivity index (χ3n) is 2.02. The maximum atomic E-state index is 11.2. The lowest BCUT2D eigenvalue weighted by Crippen LogP contribution is -2.23. The summed E-state index contributed by atoms with van der Waals surface area (Å²) >= 11 is 0. The highest BCUT2D eigenvalue weighted by molar-refractivity contribution is 7.90. The molecule has 14 heavy (non-hydrogen) atoms. The molecule has 0 bridgehead atoms. The van der Waals surface area contributed by atoms with Crippen LogP contribution in [0.25, 0.3) is 0 Å². The van der Waals surface area contributed by atoms with Crippen molar-refractivity contribution in [1.82, 2.24) is 9.78 Å². The molecule has 1 aromatic heterocycles. The molecule has 2 rings (SSSR count). The monoisotopic (exact) mass is 217 g/mol. The summed E-state index contributed by atoms with van der Waals surface area (Å²) in [5, 5.41) is 14.0. The second-order valence-electron chi connectivity index (χ2n) is 3.07. The van der Waals surface area contributed by atoms with Gasteiger partial charge in [0, 0.05) is 0 Å². The Morgan fingerprint density at radius 3 is 2.93 bits per heavy atom. The molecule has 8 heteroatoms. The normalized spacial score (nSPS) is 18.9. The Hall–Kier alpha value is -1.44. The smallest absolute Gasteiger partial charge is 0.358 e. The van der Waals surface area contributed by atoms with Crippen LogP contribution in [0.1, 0.15) is 5.69 Å². The van der Waals surface area contributed by atoms with Crippen molar-refractivity contribution in [2.24, 2.45) is 0 Å². The van der Waals surface area contributed by atoms with Gasteiger partial charge in [-0.05, 0) is 4.92 Å². The molecule has 76 valence electrons. The second kappa shape index (κ2) is 2.77. The number of rotatable bonds is 1. The summed E-state index contributed by atoms with van der Waals surface area (Å²) in [5.41, 5.74) is 0.392. The number of nitrogens with zero attached hydrogens (tertiary/aromatic N) is 3. The quantitative estimate of drug-likeness (QED) is 0.476. The molecule has 0 amide bonds. The molecule has 0 saturated carbocycles. The Kier molecular flexibility index (Phi) is 1.81. The first-order chi connectivity index (χ1) is 6.48. The summed E-state index contributed by atoms with van der Waals surface area (Å²) in [7, 11) is -3.09. The molecule has 1 aliphatic rings. The van der Waals surface area contributed by atoms with Crippen molar-refractivity contribution < 1.29 is 13.3 Å². The van der Waals surface area contributed by atoms with Gasteiger partial charge in [0.05, 0.1) is 34.9 Å². The van der Waals surface area contributed by atoms with Gasteiger partial charge in [-0.15, -0.1) is 0 Å². The Balaban J connectivity index is 2.44. The van der Waals surface area contributed by atoms with Gasteiger partial charge in [0.1, 0.15) is 0 Å². The SMILES string of the molecule is O=[N+]([O-])c1cc2n(n1)CCS(=O)(=O)C2. The summed E-state index contributed by atoms with van der Waals surface area (Å²) in [4.78, 5) is 9.73. The second-order valence-corrected chi connectivity index (χ2v) is 5.25. The van der Waals surface area contributed by atoms with Crippen LogP contribution >= 0.6 is 0 Å². The van der Waals surface area contributed by atoms with Crippen molar-refractivity contribution in [2.45, 2.75) is 12.3 Å². The number of nitro groups is 1. The van der Waals surface area contributed by atoms with E-state index in [0.717, 1.165) is 0 Å². The first kappa shape index (κ1) is 9.13. The van der Waals surface area contributed by atoms with Crippen LogP contribution in [0.4, 0.5) is 5.82 Å². The fourth-order valence-electron chi connectivity index (χ4n) is 1.36. The Morgan fingerprint density at radius 1 is 1.57 bits per heavy atom. The van der Waals surface area contributed by atoms with Gasteiger partial charge < -0.3 is 10.1 Å². The van der Waals surface area contributed by atoms with E-state index in [0.29, 0.717) is 5.69 Å². The topological polar surface area (TPSA) is 95.1 Å². The third kappa shape index (κ3) is 1.48. The fourth-order valence-corrected chi connectivity index (χ4v) is 2.64. The number of hydrogen-bond donors (Lipinski definition) is 0. The fraction of sp³-hybridized carbons (Fsp3) is 0.500. The molecule has 2 heterocycles. The number of aromatic nitrogens is 2. The Bertz CT molecular complexity index is 489. The summed E-state index contributed by atoms with van der Waals surface area (Å²) in [6.07, 6.45) is 0. The van der Waals surface area contributed by atoms with Crippen LogP contribution < -0.4 is 0 Å². The van der Waals surface area contributed by atoms with Crippen molar-refractivity contribution >= 4 is 15.7 Å². The van der Waals surface area contributed by atoms with Gasteiger partial charge in [-0.1, -0.05) is 0 Å². The minimum Gasteiger partial charge on any atom is -0.358 e. The zero-order chi connectivity index (χ0) is 10.3. The molecule has 1 aromatic rings. The average Bonchev–Trinajstić information content (AvgIpc) is 2.45. The lowest BCUT2D eigenvalue weighted by Gasteiger charge is -2.09. The standard InChI is InChI=1S/C6H7N3O4S/c10-9(11)6-3-5-4-14(12,13)2-1-8(5)7-6/h3H,1-2,4H2. The molecule has 0 spiro atoms. The molecule has 7 nitrogen and oxygen atoms in total. The lowest BCUT2D eigenvalue weighted by molar-refractivity contribution is -0.389. The Labute approximate surface area is 79.4 Å². The first-order valence-electron chi connectivity index (χ1n) is 3.89. The van der Waals surface area contributed by atoms with E-state index in [1.165, 1.54) is 10.7 Å². The van der Waals surface area contributed by atoms with Gasteiger partial charge >= 0.3 is 5.82 Å². The number of hydrogen-bond acceptors (Lipinski definition) is 5. The first-order valence-corrected chi connectivity index (χ1v) is 5.72. The van der Waals surface area contributed by atoms with Crippen LogP contribution in [-0.4, -0.2) is 28.9 Å². The third-order valence-corrected chi connectivity index (χ3v) is 3.56. The molecular weight excluding hydrogens is 210 g/mol. The van der Waals surface area contributed by atoms with E-state index in [2.05, 4.69) is 5.10 Å². The molecule has 0 saturated heterocycles. The van der Waals surface area contributed by atoms with Gasteiger partial charge in [0.2, 0.25) is 0 Å². The minimum absolute atomic E-state index is 0.00116. The van der Waals surface area contributed by atoms with Crippen LogP contribution in [0.2, 0.25) is 0 Å². The van der Waals surface area contributed by atoms with Gasteiger partial charge in [0.15, 0.2) is 9.84 Å². The summed E-state index contributed by atoms with van der Waals surface area (Å²) in [6.45, 7) is 0.200. The minimum atomic E-state index is -3.09. The molecule has 0 unspecified atom stereocenters. The highest BCUT2D eigenvalue weighted by atomic mass is 32.2. The molecular formula is C6H7N3O4S. The largest absolute Gasteiger partial charge is 0.390 e. The highest BCUT2D eigenvalue weighted by Crippen LogP contribution is 2.18. The van der Waals surface area contributed by atoms with E-state index in [1.54, 1.807) is 0 Å². The van der Waals surface area contributed by atoms with Crippen molar-refractivity contribution in [3.05, 3.63) is 21.9 Å². The number of aryl methyl sites for hydroxylation is 1. The van der Waals surface area contributed by atoms with E-state index in [1.807, 2.05) is 0 Å². The lowest BCUT2D eigenvalue weighted by atomic mass is 10.4. The van der Waals surface area contributed by atoms with Crippen LogP contribution in [0.15, 0.2) is 6.07 Å². The van der Waals surface area contributed by atoms with Gasteiger partial charge in [-0.25, -0.2) is 8.42 Å². The number of sulfone groups is 1. The summed E-state index contributed by atoms with van der Waals surface area (Å²) in [5.74, 6) is -0.454. The van der Waals surface area contributed by atoms with Crippen LogP contribution in [0, 0.1) is 10.1 Å². The van der Waals surface area contributed by atoms with Crippen LogP contribution in [0.5, 0.6) is 0 Å². The molecule has 0 aliphatic carbocycles. The Morgan fingerprint density at radius 2 is 2.29 bits per heavy atom. The summed E-state index contributed by atoms with van der Waals surface area (Å²) < 4.78 is 23.7. The van der Waals surface area contributed by atoms with E-state index in [9.17, 15) is 18.5 Å². The van der Waals surface area contributed by atoms with E-state index < -0.39 is 14.8 Å². The zero-order valence-electron chi connectivity index (χ0n) is 7.08. The van der Waals surface area contributed by atoms with Crippen LogP contribution in [0.3, 0.4) is 0 Å². The molecule has 0 aromatic carbocycles. The van der Waals surface area contributed by atoms with Crippen molar-refractivity contribution in [3.63, 3.8) is 0 Å². The van der Waals surface area contributed by atoms with Crippen molar-refractivity contribution in [1.29, 1.82) is 0 Å².